The van der Waals surface area contributed by atoms with E-state index in [1.165, 1.54) is 4.90 Å². The molecule has 58 valence electrons. The van der Waals surface area contributed by atoms with Gasteiger partial charge in [0.05, 0.1) is 12.5 Å². The molecule has 0 radical (unpaired) electrons. The van der Waals surface area contributed by atoms with E-state index < -0.39 is 12.2 Å². The lowest BCUT2D eigenvalue weighted by Crippen LogP contribution is -2.46. The first-order chi connectivity index (χ1) is 4.75. The number of aliphatic hydroxyl groups excluding tert-OH is 1. The van der Waals surface area contributed by atoms with Gasteiger partial charge in [0.25, 0.3) is 5.91 Å². The van der Waals surface area contributed by atoms with Crippen LogP contribution >= 0.6 is 12.6 Å². The summed E-state index contributed by atoms with van der Waals surface area (Å²) in [5, 5.41) is 8.83. The number of rotatable bonds is 1. The first-order valence-corrected chi connectivity index (χ1v) is 3.58. The maximum atomic E-state index is 10.9. The monoisotopic (exact) mass is 163 g/mol. The van der Waals surface area contributed by atoms with Gasteiger partial charge in [-0.25, -0.2) is 0 Å². The largest absolute Gasteiger partial charge is 0.361 e. The van der Waals surface area contributed by atoms with Gasteiger partial charge in [-0.05, 0) is 0 Å². The van der Waals surface area contributed by atoms with Crippen LogP contribution in [0.5, 0.6) is 0 Å². The molecular weight excluding hydrogens is 154 g/mol. The van der Waals surface area contributed by atoms with E-state index in [1.54, 1.807) is 0 Å². The third-order valence-corrected chi connectivity index (χ3v) is 1.67. The number of aliphatic hydroxyl groups is 1. The molecule has 1 N–H and O–H groups in total. The molecule has 1 rings (SSSR count). The van der Waals surface area contributed by atoms with Crippen LogP contribution in [0.2, 0.25) is 0 Å². The van der Waals surface area contributed by atoms with Crippen LogP contribution in [0, 0.1) is 0 Å². The molecule has 10 heavy (non-hydrogen) atoms. The summed E-state index contributed by atoms with van der Waals surface area (Å²) in [5.74, 6) is -0.0690. The van der Waals surface area contributed by atoms with Gasteiger partial charge in [-0.1, -0.05) is 0 Å². The summed E-state index contributed by atoms with van der Waals surface area (Å²) in [6.07, 6.45) is -1.28. The molecule has 0 aromatic rings. The Bertz CT molecular complexity index is 141. The highest BCUT2D eigenvalue weighted by Crippen LogP contribution is 2.04. The number of hydrogen-bond acceptors (Lipinski definition) is 4. The Balaban J connectivity index is 2.51. The van der Waals surface area contributed by atoms with Gasteiger partial charge in [-0.15, -0.1) is 0 Å². The highest BCUT2D eigenvalue weighted by molar-refractivity contribution is 7.80. The van der Waals surface area contributed by atoms with E-state index in [0.29, 0.717) is 19.0 Å². The Morgan fingerprint density at radius 3 is 3.10 bits per heavy atom. The molecule has 1 atom stereocenters. The molecule has 0 aromatic heterocycles. The highest BCUT2D eigenvalue weighted by Gasteiger charge is 2.26. The second-order valence-electron chi connectivity index (χ2n) is 1.97. The summed E-state index contributed by atoms with van der Waals surface area (Å²) in [5.41, 5.74) is 0. The normalized spacial score (nSPS) is 27.2. The molecule has 0 aromatic carbocycles. The number of amides is 1. The second kappa shape index (κ2) is 3.23. The Labute approximate surface area is 64.2 Å². The Hall–Kier alpha value is -0.260. The second-order valence-corrected chi connectivity index (χ2v) is 2.25. The first kappa shape index (κ1) is 7.84. The van der Waals surface area contributed by atoms with Crippen molar-refractivity contribution in [2.24, 2.45) is 0 Å². The molecule has 1 fully saturated rings. The predicted octanol–water partition coefficient (Wildman–Crippen LogP) is -0.949. The van der Waals surface area contributed by atoms with Gasteiger partial charge in [-0.2, -0.15) is 12.6 Å². The SMILES string of the molecule is O=C1C(O)OCCN1CS. The van der Waals surface area contributed by atoms with E-state index in [2.05, 4.69) is 17.4 Å². The van der Waals surface area contributed by atoms with E-state index >= 15 is 0 Å². The molecule has 1 aliphatic rings. The lowest BCUT2D eigenvalue weighted by molar-refractivity contribution is -0.181. The fraction of sp³-hybridized carbons (Fsp3) is 0.800. The molecule has 0 bridgehead atoms. The third kappa shape index (κ3) is 1.42. The van der Waals surface area contributed by atoms with Gasteiger partial charge in [0.15, 0.2) is 0 Å². The minimum absolute atomic E-state index is 0.333. The van der Waals surface area contributed by atoms with Crippen LogP contribution in [0.3, 0.4) is 0 Å². The summed E-state index contributed by atoms with van der Waals surface area (Å²) in [6.45, 7) is 0.896. The van der Waals surface area contributed by atoms with Crippen molar-refractivity contribution < 1.29 is 14.6 Å². The van der Waals surface area contributed by atoms with Gasteiger partial charge in [0.1, 0.15) is 0 Å². The van der Waals surface area contributed by atoms with Crippen LogP contribution in [0.1, 0.15) is 0 Å². The molecular formula is C5H9NO3S. The number of carbonyl (C=O) groups is 1. The molecule has 4 nitrogen and oxygen atoms in total. The lowest BCUT2D eigenvalue weighted by Gasteiger charge is -2.27. The highest BCUT2D eigenvalue weighted by atomic mass is 32.1. The van der Waals surface area contributed by atoms with Crippen LogP contribution in [-0.2, 0) is 9.53 Å². The zero-order valence-electron chi connectivity index (χ0n) is 5.36. The van der Waals surface area contributed by atoms with Crippen molar-refractivity contribution in [3.8, 4) is 0 Å². The molecule has 0 spiro atoms. The smallest absolute Gasteiger partial charge is 0.280 e. The lowest BCUT2D eigenvalue weighted by atomic mass is 10.4. The van der Waals surface area contributed by atoms with E-state index in [-0.39, 0.29) is 0 Å². The van der Waals surface area contributed by atoms with Gasteiger partial charge in [0, 0.05) is 6.54 Å². The third-order valence-electron chi connectivity index (χ3n) is 1.33. The Kier molecular flexibility index (Phi) is 2.53. The van der Waals surface area contributed by atoms with Crippen molar-refractivity contribution in [2.45, 2.75) is 6.29 Å². The van der Waals surface area contributed by atoms with E-state index in [1.807, 2.05) is 0 Å². The van der Waals surface area contributed by atoms with Gasteiger partial charge in [0.2, 0.25) is 6.29 Å². The van der Waals surface area contributed by atoms with Crippen LogP contribution in [-0.4, -0.2) is 41.2 Å². The quantitative estimate of drug-likeness (QED) is 0.490. The van der Waals surface area contributed by atoms with E-state index in [0.717, 1.165) is 0 Å². The average molecular weight is 163 g/mol. The van der Waals surface area contributed by atoms with Crippen LogP contribution < -0.4 is 0 Å². The molecule has 1 saturated heterocycles. The predicted molar refractivity (Wildman–Crippen MR) is 37.5 cm³/mol. The fourth-order valence-corrected chi connectivity index (χ4v) is 1.03. The summed E-state index contributed by atoms with van der Waals surface area (Å²) < 4.78 is 4.65. The van der Waals surface area contributed by atoms with E-state index in [4.69, 9.17) is 5.11 Å². The van der Waals surface area contributed by atoms with Crippen molar-refractivity contribution in [1.29, 1.82) is 0 Å². The molecule has 1 unspecified atom stereocenters. The van der Waals surface area contributed by atoms with Crippen molar-refractivity contribution in [3.63, 3.8) is 0 Å². The number of thiol groups is 1. The molecule has 0 aliphatic carbocycles. The minimum Gasteiger partial charge on any atom is -0.361 e. The summed E-state index contributed by atoms with van der Waals surface area (Å²) >= 11 is 3.90. The standard InChI is InChI=1S/C5H9NO3S/c7-4-5(8)9-2-1-6(4)3-10/h5,8,10H,1-3H2. The number of morpholine rings is 1. The topological polar surface area (TPSA) is 49.8 Å². The summed E-state index contributed by atoms with van der Waals surface area (Å²) in [7, 11) is 0. The summed E-state index contributed by atoms with van der Waals surface area (Å²) in [4.78, 5) is 12.3. The average Bonchev–Trinajstić information content (AvgIpc) is 1.95. The number of carbonyl (C=O) groups excluding carboxylic acids is 1. The van der Waals surface area contributed by atoms with Crippen LogP contribution in [0.25, 0.3) is 0 Å². The number of hydrogen-bond donors (Lipinski definition) is 2. The van der Waals surface area contributed by atoms with Crippen molar-refractivity contribution in [1.82, 2.24) is 4.90 Å². The van der Waals surface area contributed by atoms with Crippen LogP contribution in [0.15, 0.2) is 0 Å². The zero-order chi connectivity index (χ0) is 7.56. The molecule has 1 amide bonds. The minimum atomic E-state index is -1.28. The Morgan fingerprint density at radius 2 is 2.60 bits per heavy atom. The number of ether oxygens (including phenoxy) is 1. The van der Waals surface area contributed by atoms with Gasteiger partial charge < -0.3 is 14.7 Å². The molecule has 0 saturated carbocycles. The zero-order valence-corrected chi connectivity index (χ0v) is 6.25. The van der Waals surface area contributed by atoms with Gasteiger partial charge in [-0.3, -0.25) is 4.79 Å². The maximum absolute atomic E-state index is 10.9. The molecule has 1 heterocycles. The van der Waals surface area contributed by atoms with Crippen molar-refractivity contribution in [2.75, 3.05) is 19.0 Å². The van der Waals surface area contributed by atoms with Gasteiger partial charge >= 0.3 is 0 Å². The Morgan fingerprint density at radius 1 is 1.90 bits per heavy atom. The number of nitrogens with zero attached hydrogens (tertiary/aromatic N) is 1. The first-order valence-electron chi connectivity index (χ1n) is 2.95. The maximum Gasteiger partial charge on any atom is 0.280 e. The van der Waals surface area contributed by atoms with Crippen molar-refractivity contribution >= 4 is 18.5 Å². The fourth-order valence-electron chi connectivity index (χ4n) is 0.753. The van der Waals surface area contributed by atoms with E-state index in [9.17, 15) is 4.79 Å². The molecule has 1 aliphatic heterocycles. The summed E-state index contributed by atoms with van der Waals surface area (Å²) in [6, 6.07) is 0. The molecule has 5 heteroatoms. The van der Waals surface area contributed by atoms with Crippen LogP contribution in [0.4, 0.5) is 0 Å². The van der Waals surface area contributed by atoms with Crippen molar-refractivity contribution in [3.05, 3.63) is 0 Å².